The van der Waals surface area contributed by atoms with Gasteiger partial charge in [-0.25, -0.2) is 9.98 Å². The average molecular weight is 340 g/mol. The first-order valence-corrected chi connectivity index (χ1v) is 5.49. The number of rotatable bonds is 4. The molecule has 0 saturated carbocycles. The van der Waals surface area contributed by atoms with Gasteiger partial charge in [-0.2, -0.15) is 0 Å². The molecule has 0 amide bonds. The normalized spacial score (nSPS) is 10.9. The highest BCUT2D eigenvalue weighted by Crippen LogP contribution is 2.11. The third-order valence-electron chi connectivity index (χ3n) is 1.63. The molecule has 6 heteroatoms. The van der Waals surface area contributed by atoms with Gasteiger partial charge in [-0.3, -0.25) is 0 Å². The van der Waals surface area contributed by atoms with Crippen LogP contribution < -0.4 is 11.1 Å². The molecule has 0 atom stereocenters. The van der Waals surface area contributed by atoms with E-state index < -0.39 is 0 Å². The highest BCUT2D eigenvalue weighted by molar-refractivity contribution is 14.0. The molecular formula is C9H17IN4S. The van der Waals surface area contributed by atoms with Gasteiger partial charge in [0.1, 0.15) is 0 Å². The summed E-state index contributed by atoms with van der Waals surface area (Å²) in [6.07, 6.45) is 2.90. The molecule has 1 aromatic heterocycles. The Morgan fingerprint density at radius 2 is 2.40 bits per heavy atom. The van der Waals surface area contributed by atoms with Crippen LogP contribution in [0.1, 0.15) is 23.2 Å². The van der Waals surface area contributed by atoms with Gasteiger partial charge in [0.15, 0.2) is 5.96 Å². The summed E-state index contributed by atoms with van der Waals surface area (Å²) in [5.74, 6) is 0.512. The first-order chi connectivity index (χ1) is 6.72. The Kier molecular flexibility index (Phi) is 7.67. The predicted molar refractivity (Wildman–Crippen MR) is 75.9 cm³/mol. The Labute approximate surface area is 111 Å². The summed E-state index contributed by atoms with van der Waals surface area (Å²) in [5.41, 5.74) is 5.64. The van der Waals surface area contributed by atoms with Crippen LogP contribution >= 0.6 is 35.3 Å². The van der Waals surface area contributed by atoms with Gasteiger partial charge >= 0.3 is 0 Å². The topological polar surface area (TPSA) is 63.3 Å². The van der Waals surface area contributed by atoms with Crippen molar-refractivity contribution in [3.8, 4) is 0 Å². The summed E-state index contributed by atoms with van der Waals surface area (Å²) in [7, 11) is 0. The minimum absolute atomic E-state index is 0. The van der Waals surface area contributed by atoms with Crippen LogP contribution in [0.4, 0.5) is 0 Å². The van der Waals surface area contributed by atoms with Crippen molar-refractivity contribution in [3.63, 3.8) is 0 Å². The van der Waals surface area contributed by atoms with Crippen molar-refractivity contribution in [2.75, 3.05) is 6.54 Å². The number of guanidine groups is 1. The molecular weight excluding hydrogens is 323 g/mol. The van der Waals surface area contributed by atoms with Gasteiger partial charge in [0.25, 0.3) is 0 Å². The highest BCUT2D eigenvalue weighted by Gasteiger charge is 1.96. The lowest BCUT2D eigenvalue weighted by Crippen LogP contribution is -2.32. The lowest BCUT2D eigenvalue weighted by atomic mass is 10.5. The molecule has 4 nitrogen and oxygen atoms in total. The second-order valence-electron chi connectivity index (χ2n) is 2.97. The second-order valence-corrected chi connectivity index (χ2v) is 4.29. The molecule has 1 heterocycles. The summed E-state index contributed by atoms with van der Waals surface area (Å²) in [5, 5.41) is 4.09. The van der Waals surface area contributed by atoms with E-state index in [0.29, 0.717) is 12.5 Å². The number of aromatic nitrogens is 1. The molecule has 3 N–H and O–H groups in total. The maximum absolute atomic E-state index is 5.64. The largest absolute Gasteiger partial charge is 0.370 e. The van der Waals surface area contributed by atoms with E-state index in [1.165, 1.54) is 0 Å². The third kappa shape index (κ3) is 5.93. The van der Waals surface area contributed by atoms with Crippen molar-refractivity contribution >= 4 is 41.3 Å². The molecule has 0 saturated heterocycles. The average Bonchev–Trinajstić information content (AvgIpc) is 2.58. The number of hydrogen-bond donors (Lipinski definition) is 2. The number of nitrogens with one attached hydrogen (secondary N) is 1. The number of aryl methyl sites for hydroxylation is 1. The molecule has 1 aromatic rings. The van der Waals surface area contributed by atoms with Crippen LogP contribution in [0.2, 0.25) is 0 Å². The van der Waals surface area contributed by atoms with Gasteiger partial charge in [0.2, 0.25) is 0 Å². The van der Waals surface area contributed by atoms with Gasteiger partial charge in [-0.1, -0.05) is 6.92 Å². The van der Waals surface area contributed by atoms with Gasteiger partial charge in [-0.05, 0) is 13.3 Å². The van der Waals surface area contributed by atoms with Crippen LogP contribution in [0.5, 0.6) is 0 Å². The minimum atomic E-state index is 0. The van der Waals surface area contributed by atoms with E-state index in [4.69, 9.17) is 5.73 Å². The summed E-state index contributed by atoms with van der Waals surface area (Å²) in [6.45, 7) is 5.56. The number of hydrogen-bond acceptors (Lipinski definition) is 3. The maximum Gasteiger partial charge on any atom is 0.188 e. The van der Waals surface area contributed by atoms with Crippen molar-refractivity contribution in [1.29, 1.82) is 0 Å². The fourth-order valence-corrected chi connectivity index (χ4v) is 1.67. The van der Waals surface area contributed by atoms with E-state index in [0.717, 1.165) is 22.9 Å². The molecule has 0 fully saturated rings. The molecule has 1 rings (SSSR count). The van der Waals surface area contributed by atoms with Crippen molar-refractivity contribution in [2.24, 2.45) is 10.7 Å². The van der Waals surface area contributed by atoms with Crippen LogP contribution in [0, 0.1) is 6.92 Å². The van der Waals surface area contributed by atoms with Crippen LogP contribution in [-0.4, -0.2) is 17.5 Å². The lowest BCUT2D eigenvalue weighted by Gasteiger charge is -2.01. The molecule has 0 aliphatic carbocycles. The Bertz CT molecular complexity index is 311. The Balaban J connectivity index is 0.00000196. The van der Waals surface area contributed by atoms with E-state index in [1.54, 1.807) is 11.3 Å². The fraction of sp³-hybridized carbons (Fsp3) is 0.556. The van der Waals surface area contributed by atoms with E-state index >= 15 is 0 Å². The number of halogens is 1. The van der Waals surface area contributed by atoms with Gasteiger partial charge < -0.3 is 11.1 Å². The lowest BCUT2D eigenvalue weighted by molar-refractivity contribution is 0.826. The Morgan fingerprint density at radius 3 is 2.93 bits per heavy atom. The third-order valence-corrected chi connectivity index (χ3v) is 2.53. The van der Waals surface area contributed by atoms with Crippen LogP contribution in [-0.2, 0) is 6.54 Å². The fourth-order valence-electron chi connectivity index (χ4n) is 0.950. The standard InChI is InChI=1S/C9H16N4S.HI/c1-3-4-11-9(10)13-6-8-5-12-7(2)14-8;/h5H,3-4,6H2,1-2H3,(H3,10,11,13);1H. The van der Waals surface area contributed by atoms with E-state index in [1.807, 2.05) is 13.1 Å². The van der Waals surface area contributed by atoms with Crippen LogP contribution in [0.3, 0.4) is 0 Å². The van der Waals surface area contributed by atoms with Crippen LogP contribution in [0.25, 0.3) is 0 Å². The molecule has 0 aromatic carbocycles. The van der Waals surface area contributed by atoms with E-state index in [2.05, 4.69) is 22.2 Å². The van der Waals surface area contributed by atoms with Gasteiger partial charge in [-0.15, -0.1) is 35.3 Å². The van der Waals surface area contributed by atoms with Gasteiger partial charge in [0, 0.05) is 17.6 Å². The first kappa shape index (κ1) is 14.6. The molecule has 0 aliphatic rings. The molecule has 0 aliphatic heterocycles. The van der Waals surface area contributed by atoms with E-state index in [-0.39, 0.29) is 24.0 Å². The summed E-state index contributed by atoms with van der Waals surface area (Å²) in [6, 6.07) is 0. The molecule has 15 heavy (non-hydrogen) atoms. The molecule has 0 unspecified atom stereocenters. The second kappa shape index (κ2) is 7.86. The quantitative estimate of drug-likeness (QED) is 0.500. The van der Waals surface area contributed by atoms with E-state index in [9.17, 15) is 0 Å². The predicted octanol–water partition coefficient (Wildman–Crippen LogP) is 1.88. The zero-order valence-corrected chi connectivity index (χ0v) is 12.1. The molecule has 0 radical (unpaired) electrons. The zero-order chi connectivity index (χ0) is 10.4. The zero-order valence-electron chi connectivity index (χ0n) is 8.99. The Morgan fingerprint density at radius 1 is 1.67 bits per heavy atom. The molecule has 0 bridgehead atoms. The summed E-state index contributed by atoms with van der Waals surface area (Å²) in [4.78, 5) is 9.49. The molecule has 86 valence electrons. The maximum atomic E-state index is 5.64. The Hall–Kier alpha value is -0.370. The smallest absolute Gasteiger partial charge is 0.188 e. The SMILES string of the molecule is CCCNC(N)=NCc1cnc(C)s1.I. The van der Waals surface area contributed by atoms with Crippen molar-refractivity contribution in [2.45, 2.75) is 26.8 Å². The number of aliphatic imine (C=N–C) groups is 1. The highest BCUT2D eigenvalue weighted by atomic mass is 127. The first-order valence-electron chi connectivity index (χ1n) is 4.67. The summed E-state index contributed by atoms with van der Waals surface area (Å²) < 4.78 is 0. The van der Waals surface area contributed by atoms with Gasteiger partial charge in [0.05, 0.1) is 11.6 Å². The minimum Gasteiger partial charge on any atom is -0.370 e. The van der Waals surface area contributed by atoms with Crippen molar-refractivity contribution in [1.82, 2.24) is 10.3 Å². The number of nitrogens with zero attached hydrogens (tertiary/aromatic N) is 2. The monoisotopic (exact) mass is 340 g/mol. The van der Waals surface area contributed by atoms with Crippen molar-refractivity contribution in [3.05, 3.63) is 16.1 Å². The van der Waals surface area contributed by atoms with Crippen molar-refractivity contribution < 1.29 is 0 Å². The number of thiazole rings is 1. The molecule has 0 spiro atoms. The summed E-state index contributed by atoms with van der Waals surface area (Å²) >= 11 is 1.65. The number of nitrogens with two attached hydrogens (primary N) is 1. The van der Waals surface area contributed by atoms with Crippen LogP contribution in [0.15, 0.2) is 11.2 Å².